The predicted octanol–water partition coefficient (Wildman–Crippen LogP) is -1.51. The van der Waals surface area contributed by atoms with Gasteiger partial charge < -0.3 is 21.9 Å². The van der Waals surface area contributed by atoms with Gasteiger partial charge in [-0.3, -0.25) is 14.1 Å². The van der Waals surface area contributed by atoms with E-state index < -0.39 is 0 Å². The average molecular weight is 457 g/mol. The summed E-state index contributed by atoms with van der Waals surface area (Å²) in [6.45, 7) is 6.86. The summed E-state index contributed by atoms with van der Waals surface area (Å²) in [5, 5.41) is 0. The predicted molar refractivity (Wildman–Crippen MR) is 112 cm³/mol. The minimum Gasteiger partial charge on any atom is -1.00 e. The van der Waals surface area contributed by atoms with E-state index in [9.17, 15) is 9.59 Å². The number of rotatable bonds is 4. The van der Waals surface area contributed by atoms with Gasteiger partial charge in [0.2, 0.25) is 5.78 Å². The summed E-state index contributed by atoms with van der Waals surface area (Å²) in [4.78, 5) is 34.2. The highest BCUT2D eigenvalue weighted by molar-refractivity contribution is 6.30. The fraction of sp³-hybridized carbons (Fsp3) is 0.391. The molecule has 0 amide bonds. The molecule has 2 aromatic carbocycles. The third-order valence-corrected chi connectivity index (χ3v) is 6.79. The Bertz CT molecular complexity index is 1100. The number of hydrogen-bond acceptors (Lipinski definition) is 7. The normalized spacial score (nSPS) is 29.2. The molecule has 4 bridgehead atoms. The maximum absolute atomic E-state index is 13.4. The van der Waals surface area contributed by atoms with E-state index in [1.54, 1.807) is 25.3 Å². The van der Waals surface area contributed by atoms with E-state index in [0.717, 1.165) is 56.6 Å². The number of methoxy groups -OCH3 is 2. The van der Waals surface area contributed by atoms with Gasteiger partial charge in [-0.25, -0.2) is 14.7 Å². The number of hydrogen-bond donors (Lipinski definition) is 0. The Morgan fingerprint density at radius 2 is 1.41 bits per heavy atom. The van der Waals surface area contributed by atoms with Gasteiger partial charge in [0.25, 0.3) is 0 Å². The fourth-order valence-corrected chi connectivity index (χ4v) is 5.93. The van der Waals surface area contributed by atoms with Crippen LogP contribution in [-0.2, 0) is 6.54 Å². The van der Waals surface area contributed by atoms with Crippen molar-refractivity contribution in [3.8, 4) is 11.5 Å². The largest absolute Gasteiger partial charge is 1.00 e. The summed E-state index contributed by atoms with van der Waals surface area (Å²) in [7, 11) is 3.06. The molecule has 1 aliphatic carbocycles. The van der Waals surface area contributed by atoms with Gasteiger partial charge in [-0.2, -0.15) is 0 Å². The van der Waals surface area contributed by atoms with Crippen LogP contribution in [-0.4, -0.2) is 85.0 Å². The maximum Gasteiger partial charge on any atom is 0.201 e. The minimum atomic E-state index is -0.224. The minimum absolute atomic E-state index is 0. The number of quaternary nitrogens is 1. The van der Waals surface area contributed by atoms with Crippen molar-refractivity contribution in [3.63, 3.8) is 0 Å². The van der Waals surface area contributed by atoms with Gasteiger partial charge >= 0.3 is 0 Å². The van der Waals surface area contributed by atoms with Crippen LogP contribution in [0.25, 0.3) is 0 Å². The lowest BCUT2D eigenvalue weighted by Gasteiger charge is -2.60. The molecule has 0 N–H and O–H groups in total. The molecular weight excluding hydrogens is 432 g/mol. The first-order valence-corrected chi connectivity index (χ1v) is 10.5. The molecule has 8 nitrogen and oxygen atoms in total. The Hall–Kier alpha value is -2.49. The second-order valence-electron chi connectivity index (χ2n) is 9.12. The quantitative estimate of drug-likeness (QED) is 0.442. The van der Waals surface area contributed by atoms with Crippen LogP contribution in [0.2, 0.25) is 0 Å². The van der Waals surface area contributed by atoms with Crippen molar-refractivity contribution in [2.75, 3.05) is 54.2 Å². The molecule has 7 rings (SSSR count). The molecule has 4 aliphatic heterocycles. The van der Waals surface area contributed by atoms with Gasteiger partial charge in [0.15, 0.2) is 5.78 Å². The molecule has 32 heavy (non-hydrogen) atoms. The summed E-state index contributed by atoms with van der Waals surface area (Å²) in [5.41, 5.74) is 2.49. The van der Waals surface area contributed by atoms with E-state index >= 15 is 0 Å². The molecule has 0 saturated carbocycles. The van der Waals surface area contributed by atoms with Crippen LogP contribution in [0.5, 0.6) is 11.5 Å². The van der Waals surface area contributed by atoms with Crippen LogP contribution >= 0.6 is 0 Å². The van der Waals surface area contributed by atoms with E-state index in [-0.39, 0.29) is 24.0 Å². The maximum atomic E-state index is 13.4. The SMILES string of the molecule is COc1cccc2c1C(=O)c1c(OC)cc(C[N+]34CN5CN(CN(C5)C3)C4)cc1C2=O.[Cl-]. The van der Waals surface area contributed by atoms with Crippen molar-refractivity contribution in [2.24, 2.45) is 0 Å². The topological polar surface area (TPSA) is 62.3 Å². The van der Waals surface area contributed by atoms with E-state index in [0.29, 0.717) is 33.8 Å². The number of benzene rings is 2. The molecule has 9 heteroatoms. The summed E-state index contributed by atoms with van der Waals surface area (Å²) in [6, 6.07) is 8.99. The second-order valence-corrected chi connectivity index (χ2v) is 9.12. The van der Waals surface area contributed by atoms with Gasteiger partial charge in [-0.1, -0.05) is 12.1 Å². The molecule has 4 fully saturated rings. The summed E-state index contributed by atoms with van der Waals surface area (Å²) < 4.78 is 11.9. The van der Waals surface area contributed by atoms with Gasteiger partial charge in [-0.15, -0.1) is 0 Å². The fourth-order valence-electron chi connectivity index (χ4n) is 5.93. The number of carbonyl (C=O) groups excluding carboxylic acids is 2. The Balaban J connectivity index is 0.00000216. The Labute approximate surface area is 192 Å². The van der Waals surface area contributed by atoms with Crippen LogP contribution in [0.1, 0.15) is 37.4 Å². The zero-order valence-corrected chi connectivity index (χ0v) is 18.9. The smallest absolute Gasteiger partial charge is 0.201 e. The summed E-state index contributed by atoms with van der Waals surface area (Å²) >= 11 is 0. The first-order valence-electron chi connectivity index (χ1n) is 10.5. The highest BCUT2D eigenvalue weighted by atomic mass is 35.5. The molecular formula is C23H25ClN4O4. The summed E-state index contributed by atoms with van der Waals surface area (Å²) in [6.07, 6.45) is 0. The number of ketones is 2. The first-order chi connectivity index (χ1) is 15.0. The Morgan fingerprint density at radius 3 is 2.00 bits per heavy atom. The zero-order chi connectivity index (χ0) is 21.3. The van der Waals surface area contributed by atoms with Gasteiger partial charge in [-0.05, 0) is 18.2 Å². The third kappa shape index (κ3) is 3.06. The van der Waals surface area contributed by atoms with E-state index in [4.69, 9.17) is 9.47 Å². The number of carbonyl (C=O) groups is 2. The highest BCUT2D eigenvalue weighted by Crippen LogP contribution is 2.39. The van der Waals surface area contributed by atoms with Gasteiger partial charge in [0.05, 0.1) is 45.4 Å². The highest BCUT2D eigenvalue weighted by Gasteiger charge is 2.48. The molecule has 168 valence electrons. The first kappa shape index (κ1) is 21.4. The molecule has 5 aliphatic rings. The van der Waals surface area contributed by atoms with Crippen molar-refractivity contribution in [1.29, 1.82) is 0 Å². The van der Waals surface area contributed by atoms with Crippen LogP contribution in [0, 0.1) is 0 Å². The zero-order valence-electron chi connectivity index (χ0n) is 18.1. The molecule has 0 atom stereocenters. The van der Waals surface area contributed by atoms with Crippen molar-refractivity contribution in [1.82, 2.24) is 14.7 Å². The molecule has 0 unspecified atom stereocenters. The Kier molecular flexibility index (Phi) is 5.03. The van der Waals surface area contributed by atoms with Crippen molar-refractivity contribution >= 4 is 11.6 Å². The molecule has 0 spiro atoms. The van der Waals surface area contributed by atoms with Gasteiger partial charge in [0, 0.05) is 16.7 Å². The molecule has 0 radical (unpaired) electrons. The standard InChI is InChI=1S/C23H25N4O4.ClH/c1-30-18-5-3-4-16-20(18)23(29)21-17(22(16)28)6-15(7-19(21)31-2)8-27-12-24-9-25(13-27)11-26(10-24)14-27;/h3-7H,8-14H2,1-2H3;1H/q+1;/p-1. The monoisotopic (exact) mass is 456 g/mol. The van der Waals surface area contributed by atoms with Crippen molar-refractivity contribution < 1.29 is 36.0 Å². The molecule has 4 saturated heterocycles. The lowest BCUT2D eigenvalue weighted by Crippen LogP contribution is -3.00. The average Bonchev–Trinajstić information content (AvgIpc) is 2.75. The van der Waals surface area contributed by atoms with Crippen LogP contribution in [0.15, 0.2) is 30.3 Å². The number of fused-ring (bicyclic) bond motifs is 2. The summed E-state index contributed by atoms with van der Waals surface area (Å²) in [5.74, 6) is 0.489. The lowest BCUT2D eigenvalue weighted by molar-refractivity contribution is -0.991. The number of nitrogens with zero attached hydrogens (tertiary/aromatic N) is 4. The van der Waals surface area contributed by atoms with Crippen LogP contribution in [0.3, 0.4) is 0 Å². The van der Waals surface area contributed by atoms with E-state index in [1.165, 1.54) is 7.11 Å². The van der Waals surface area contributed by atoms with Crippen LogP contribution < -0.4 is 21.9 Å². The molecule has 2 aromatic rings. The number of halogens is 1. The number of ether oxygens (including phenoxy) is 2. The van der Waals surface area contributed by atoms with Gasteiger partial charge in [0.1, 0.15) is 38.0 Å². The lowest BCUT2D eigenvalue weighted by atomic mass is 9.82. The third-order valence-electron chi connectivity index (χ3n) is 6.79. The van der Waals surface area contributed by atoms with Crippen molar-refractivity contribution in [2.45, 2.75) is 6.54 Å². The van der Waals surface area contributed by atoms with Crippen LogP contribution in [0.4, 0.5) is 0 Å². The molecule has 4 heterocycles. The second kappa shape index (κ2) is 7.54. The van der Waals surface area contributed by atoms with E-state index in [1.807, 2.05) is 12.1 Å². The van der Waals surface area contributed by atoms with E-state index in [2.05, 4.69) is 14.7 Å². The Morgan fingerprint density at radius 1 is 0.812 bits per heavy atom. The molecule has 0 aromatic heterocycles. The van der Waals surface area contributed by atoms with Crippen molar-refractivity contribution in [3.05, 3.63) is 58.1 Å².